The number of thiazole rings is 1. The molecule has 2 aromatic heterocycles. The number of benzene rings is 2. The quantitative estimate of drug-likeness (QED) is 0.413. The second-order valence-electron chi connectivity index (χ2n) is 5.95. The second kappa shape index (κ2) is 6.82. The number of nitro benzene ring substituents is 1. The number of hydrogen-bond acceptors (Lipinski definition) is 6. The van der Waals surface area contributed by atoms with Crippen LogP contribution in [0.4, 0.5) is 15.9 Å². The lowest BCUT2D eigenvalue weighted by Crippen LogP contribution is -2.15. The molecule has 10 heteroatoms. The summed E-state index contributed by atoms with van der Waals surface area (Å²) in [6, 6.07) is 11.4. The molecule has 1 amide bonds. The zero-order valence-corrected chi connectivity index (χ0v) is 15.2. The van der Waals surface area contributed by atoms with Crippen LogP contribution >= 0.6 is 11.3 Å². The third-order valence-electron chi connectivity index (χ3n) is 3.91. The predicted octanol–water partition coefficient (Wildman–Crippen LogP) is 4.09. The van der Waals surface area contributed by atoms with E-state index < -0.39 is 10.8 Å². The van der Waals surface area contributed by atoms with Crippen LogP contribution in [0.3, 0.4) is 0 Å². The molecule has 0 atom stereocenters. The molecule has 0 fully saturated rings. The fraction of sp³-hybridized carbons (Fsp3) is 0.0556. The number of rotatable bonds is 4. The number of fused-ring (bicyclic) bond motifs is 1. The van der Waals surface area contributed by atoms with Crippen molar-refractivity contribution in [2.45, 2.75) is 6.92 Å². The molecule has 0 aliphatic carbocycles. The van der Waals surface area contributed by atoms with E-state index in [0.717, 1.165) is 0 Å². The van der Waals surface area contributed by atoms with E-state index in [9.17, 15) is 19.3 Å². The van der Waals surface area contributed by atoms with Gasteiger partial charge in [0.25, 0.3) is 11.6 Å². The van der Waals surface area contributed by atoms with Gasteiger partial charge in [-0.1, -0.05) is 17.4 Å². The number of aryl methyl sites for hydroxylation is 1. The summed E-state index contributed by atoms with van der Waals surface area (Å²) in [5.74, 6) is -0.524. The van der Waals surface area contributed by atoms with Gasteiger partial charge in [-0.05, 0) is 31.2 Å². The number of carbonyl (C=O) groups excluding carboxylic acids is 1. The Hall–Kier alpha value is -3.66. The van der Waals surface area contributed by atoms with Gasteiger partial charge in [-0.2, -0.15) is 9.78 Å². The molecule has 0 unspecified atom stereocenters. The number of hydrogen-bond donors (Lipinski definition) is 1. The largest absolute Gasteiger partial charge is 0.306 e. The summed E-state index contributed by atoms with van der Waals surface area (Å²) in [4.78, 5) is 27.3. The Bertz CT molecular complexity index is 1230. The van der Waals surface area contributed by atoms with Gasteiger partial charge in [-0.3, -0.25) is 14.9 Å². The van der Waals surface area contributed by atoms with Crippen LogP contribution in [0.25, 0.3) is 15.3 Å². The zero-order valence-electron chi connectivity index (χ0n) is 14.4. The number of carbonyl (C=O) groups is 1. The molecule has 4 rings (SSSR count). The third-order valence-corrected chi connectivity index (χ3v) is 4.91. The van der Waals surface area contributed by atoms with Crippen molar-refractivity contribution in [3.63, 3.8) is 0 Å². The van der Waals surface area contributed by atoms with Crippen LogP contribution in [-0.2, 0) is 0 Å². The van der Waals surface area contributed by atoms with Crippen molar-refractivity contribution in [3.8, 4) is 5.13 Å². The molecule has 2 aromatic carbocycles. The Morgan fingerprint density at radius 2 is 2.07 bits per heavy atom. The Balaban J connectivity index is 1.68. The highest BCUT2D eigenvalue weighted by atomic mass is 32.1. The standard InChI is InChI=1S/C18H12FN5O3S/c1-10-7-16(21-17(25)11-3-2-4-13(8-11)24(26)27)23(22-10)18-20-14-6-5-12(19)9-15(14)28-18/h2-9H,1H3,(H,21,25). The summed E-state index contributed by atoms with van der Waals surface area (Å²) in [7, 11) is 0. The fourth-order valence-corrected chi connectivity index (χ4v) is 3.62. The molecule has 0 saturated heterocycles. The smallest absolute Gasteiger partial charge is 0.270 e. The molecule has 0 radical (unpaired) electrons. The molecular formula is C18H12FN5O3S. The molecular weight excluding hydrogens is 385 g/mol. The number of nitrogens with zero attached hydrogens (tertiary/aromatic N) is 4. The molecule has 0 spiro atoms. The van der Waals surface area contributed by atoms with Gasteiger partial charge in [0.05, 0.1) is 20.8 Å². The maximum Gasteiger partial charge on any atom is 0.270 e. The van der Waals surface area contributed by atoms with E-state index >= 15 is 0 Å². The maximum atomic E-state index is 13.4. The van der Waals surface area contributed by atoms with E-state index in [0.29, 0.717) is 26.9 Å². The number of nitro groups is 1. The van der Waals surface area contributed by atoms with Crippen LogP contribution in [0, 0.1) is 22.9 Å². The summed E-state index contributed by atoms with van der Waals surface area (Å²) in [6.45, 7) is 1.76. The van der Waals surface area contributed by atoms with Crippen molar-refractivity contribution in [2.75, 3.05) is 5.32 Å². The minimum Gasteiger partial charge on any atom is -0.306 e. The monoisotopic (exact) mass is 397 g/mol. The first-order valence-electron chi connectivity index (χ1n) is 8.09. The van der Waals surface area contributed by atoms with Crippen molar-refractivity contribution in [2.24, 2.45) is 0 Å². The average Bonchev–Trinajstić information content (AvgIpc) is 3.24. The summed E-state index contributed by atoms with van der Waals surface area (Å²) in [5, 5.41) is 18.4. The highest BCUT2D eigenvalue weighted by molar-refractivity contribution is 7.20. The summed E-state index contributed by atoms with van der Waals surface area (Å²) in [5.41, 5.74) is 1.22. The fourth-order valence-electron chi connectivity index (χ4n) is 2.66. The lowest BCUT2D eigenvalue weighted by molar-refractivity contribution is -0.384. The normalized spacial score (nSPS) is 10.9. The third kappa shape index (κ3) is 3.32. The molecule has 1 N–H and O–H groups in total. The molecule has 0 aliphatic heterocycles. The van der Waals surface area contributed by atoms with Crippen molar-refractivity contribution in [1.29, 1.82) is 0 Å². The highest BCUT2D eigenvalue weighted by Crippen LogP contribution is 2.28. The van der Waals surface area contributed by atoms with Gasteiger partial charge < -0.3 is 5.32 Å². The molecule has 140 valence electrons. The van der Waals surface area contributed by atoms with Crippen molar-refractivity contribution < 1.29 is 14.1 Å². The average molecular weight is 397 g/mol. The van der Waals surface area contributed by atoms with Gasteiger partial charge in [0.1, 0.15) is 11.6 Å². The zero-order chi connectivity index (χ0) is 19.8. The number of anilines is 1. The lowest BCUT2D eigenvalue weighted by Gasteiger charge is -2.06. The van der Waals surface area contributed by atoms with Crippen molar-refractivity contribution >= 4 is 39.0 Å². The first-order valence-corrected chi connectivity index (χ1v) is 8.91. The number of aromatic nitrogens is 3. The van der Waals surface area contributed by atoms with E-state index in [2.05, 4.69) is 15.4 Å². The minimum absolute atomic E-state index is 0.144. The van der Waals surface area contributed by atoms with Gasteiger partial charge >= 0.3 is 0 Å². The van der Waals surface area contributed by atoms with Crippen LogP contribution < -0.4 is 5.32 Å². The minimum atomic E-state index is -0.564. The van der Waals surface area contributed by atoms with Gasteiger partial charge in [0, 0.05) is 23.8 Å². The Morgan fingerprint density at radius 1 is 1.25 bits per heavy atom. The maximum absolute atomic E-state index is 13.4. The van der Waals surface area contributed by atoms with Crippen LogP contribution in [0.2, 0.25) is 0 Å². The number of non-ortho nitro benzene ring substituents is 1. The number of amides is 1. The number of nitrogens with one attached hydrogen (secondary N) is 1. The van der Waals surface area contributed by atoms with Crippen molar-refractivity contribution in [1.82, 2.24) is 14.8 Å². The Labute approximate surface area is 161 Å². The molecule has 0 aliphatic rings. The summed E-state index contributed by atoms with van der Waals surface area (Å²) < 4.78 is 15.5. The molecule has 28 heavy (non-hydrogen) atoms. The molecule has 8 nitrogen and oxygen atoms in total. The Morgan fingerprint density at radius 3 is 2.86 bits per heavy atom. The van der Waals surface area contributed by atoms with E-state index in [1.165, 1.54) is 52.4 Å². The van der Waals surface area contributed by atoms with Crippen molar-refractivity contribution in [3.05, 3.63) is 75.7 Å². The number of halogens is 1. The SMILES string of the molecule is Cc1cc(NC(=O)c2cccc([N+](=O)[O-])c2)n(-c2nc3ccc(F)cc3s2)n1. The molecule has 4 aromatic rings. The molecule has 0 saturated carbocycles. The first kappa shape index (κ1) is 17.7. The van der Waals surface area contributed by atoms with E-state index in [1.807, 2.05) is 0 Å². The molecule has 2 heterocycles. The van der Waals surface area contributed by atoms with Crippen LogP contribution in [0.15, 0.2) is 48.5 Å². The Kier molecular flexibility index (Phi) is 4.32. The summed E-state index contributed by atoms with van der Waals surface area (Å²) in [6.07, 6.45) is 0. The van der Waals surface area contributed by atoms with Gasteiger partial charge in [0.2, 0.25) is 5.13 Å². The second-order valence-corrected chi connectivity index (χ2v) is 6.96. The van der Waals surface area contributed by atoms with Gasteiger partial charge in [-0.25, -0.2) is 9.37 Å². The van der Waals surface area contributed by atoms with Gasteiger partial charge in [-0.15, -0.1) is 0 Å². The topological polar surface area (TPSA) is 103 Å². The van der Waals surface area contributed by atoms with Crippen LogP contribution in [0.1, 0.15) is 16.1 Å². The summed E-state index contributed by atoms with van der Waals surface area (Å²) >= 11 is 1.23. The van der Waals surface area contributed by atoms with Crippen LogP contribution in [0.5, 0.6) is 0 Å². The lowest BCUT2D eigenvalue weighted by atomic mass is 10.2. The first-order chi connectivity index (χ1) is 13.4. The highest BCUT2D eigenvalue weighted by Gasteiger charge is 2.17. The predicted molar refractivity (Wildman–Crippen MR) is 102 cm³/mol. The van der Waals surface area contributed by atoms with E-state index in [1.54, 1.807) is 19.1 Å². The van der Waals surface area contributed by atoms with Gasteiger partial charge in [0.15, 0.2) is 0 Å². The van der Waals surface area contributed by atoms with Crippen LogP contribution in [-0.4, -0.2) is 25.6 Å². The van der Waals surface area contributed by atoms with E-state index in [4.69, 9.17) is 0 Å². The molecule has 0 bridgehead atoms. The van der Waals surface area contributed by atoms with E-state index in [-0.39, 0.29) is 17.1 Å².